The topological polar surface area (TPSA) is 35.2 Å². The van der Waals surface area contributed by atoms with Gasteiger partial charge in [0.15, 0.2) is 0 Å². The summed E-state index contributed by atoms with van der Waals surface area (Å²) < 4.78 is 7.15. The van der Waals surface area contributed by atoms with Crippen molar-refractivity contribution < 1.29 is 4.74 Å². The zero-order valence-corrected chi connectivity index (χ0v) is 12.6. The van der Waals surface area contributed by atoms with Gasteiger partial charge < -0.3 is 10.5 Å². The van der Waals surface area contributed by atoms with Crippen molar-refractivity contribution in [2.24, 2.45) is 11.7 Å². The van der Waals surface area contributed by atoms with Crippen molar-refractivity contribution in [2.45, 2.75) is 51.7 Å². The van der Waals surface area contributed by atoms with Crippen molar-refractivity contribution in [3.05, 3.63) is 28.2 Å². The van der Waals surface area contributed by atoms with Crippen LogP contribution in [-0.4, -0.2) is 6.10 Å². The second-order valence-electron chi connectivity index (χ2n) is 5.15. The summed E-state index contributed by atoms with van der Waals surface area (Å²) in [7, 11) is 0. The first-order valence-electron chi connectivity index (χ1n) is 6.88. The van der Waals surface area contributed by atoms with Gasteiger partial charge in [0.05, 0.1) is 10.6 Å². The second-order valence-corrected chi connectivity index (χ2v) is 6.00. The Morgan fingerprint density at radius 3 is 2.89 bits per heavy atom. The zero-order valence-electron chi connectivity index (χ0n) is 11.0. The average Bonchev–Trinajstić information content (AvgIpc) is 2.41. The van der Waals surface area contributed by atoms with Crippen molar-refractivity contribution in [1.29, 1.82) is 0 Å². The first-order valence-corrected chi connectivity index (χ1v) is 7.67. The lowest BCUT2D eigenvalue weighted by Crippen LogP contribution is -2.25. The maximum atomic E-state index is 6.13. The van der Waals surface area contributed by atoms with E-state index in [1.54, 1.807) is 0 Å². The summed E-state index contributed by atoms with van der Waals surface area (Å²) in [4.78, 5) is 0. The zero-order chi connectivity index (χ0) is 13.0. The fraction of sp³-hybridized carbons (Fsp3) is 0.600. The summed E-state index contributed by atoms with van der Waals surface area (Å²) in [6, 6.07) is 6.12. The molecule has 1 aliphatic carbocycles. The molecule has 2 atom stereocenters. The van der Waals surface area contributed by atoms with Crippen LogP contribution in [0.1, 0.15) is 44.6 Å². The molecule has 18 heavy (non-hydrogen) atoms. The molecule has 1 fully saturated rings. The van der Waals surface area contributed by atoms with E-state index in [2.05, 4.69) is 28.9 Å². The largest absolute Gasteiger partial charge is 0.489 e. The van der Waals surface area contributed by atoms with Crippen LogP contribution in [0.25, 0.3) is 0 Å². The molecule has 1 aliphatic rings. The van der Waals surface area contributed by atoms with E-state index >= 15 is 0 Å². The lowest BCUT2D eigenvalue weighted by molar-refractivity contribution is 0.121. The number of hydrogen-bond acceptors (Lipinski definition) is 2. The first kappa shape index (κ1) is 13.9. The molecule has 0 amide bonds. The SMILES string of the molecule is CCC1CCCC(Oc2ccc(CN)cc2Br)C1. The Labute approximate surface area is 118 Å². The number of nitrogens with two attached hydrogens (primary N) is 1. The van der Waals surface area contributed by atoms with Crippen LogP contribution in [0.3, 0.4) is 0 Å². The van der Waals surface area contributed by atoms with Crippen LogP contribution >= 0.6 is 15.9 Å². The minimum Gasteiger partial charge on any atom is -0.489 e. The Hall–Kier alpha value is -0.540. The Morgan fingerprint density at radius 1 is 1.39 bits per heavy atom. The average molecular weight is 312 g/mol. The van der Waals surface area contributed by atoms with Gasteiger partial charge in [-0.05, 0) is 58.8 Å². The van der Waals surface area contributed by atoms with Gasteiger partial charge in [-0.15, -0.1) is 0 Å². The fourth-order valence-corrected chi connectivity index (χ4v) is 3.19. The van der Waals surface area contributed by atoms with Gasteiger partial charge in [0.25, 0.3) is 0 Å². The van der Waals surface area contributed by atoms with Gasteiger partial charge >= 0.3 is 0 Å². The monoisotopic (exact) mass is 311 g/mol. The molecule has 0 heterocycles. The molecule has 0 spiro atoms. The molecule has 3 heteroatoms. The smallest absolute Gasteiger partial charge is 0.133 e. The Bertz CT molecular complexity index is 394. The van der Waals surface area contributed by atoms with Gasteiger partial charge in [-0.1, -0.05) is 25.8 Å². The summed E-state index contributed by atoms with van der Waals surface area (Å²) in [5.41, 5.74) is 6.76. The molecule has 0 aliphatic heterocycles. The molecular formula is C15H22BrNO. The van der Waals surface area contributed by atoms with Crippen LogP contribution in [0.5, 0.6) is 5.75 Å². The van der Waals surface area contributed by atoms with Crippen LogP contribution in [0.2, 0.25) is 0 Å². The van der Waals surface area contributed by atoms with E-state index in [0.717, 1.165) is 21.7 Å². The highest BCUT2D eigenvalue weighted by atomic mass is 79.9. The number of ether oxygens (including phenoxy) is 1. The van der Waals surface area contributed by atoms with Crippen molar-refractivity contribution in [2.75, 3.05) is 0 Å². The van der Waals surface area contributed by atoms with Gasteiger partial charge in [-0.2, -0.15) is 0 Å². The summed E-state index contributed by atoms with van der Waals surface area (Å²) in [6.07, 6.45) is 6.69. The predicted molar refractivity (Wildman–Crippen MR) is 78.7 cm³/mol. The molecule has 0 radical (unpaired) electrons. The van der Waals surface area contributed by atoms with Crippen LogP contribution < -0.4 is 10.5 Å². The van der Waals surface area contributed by atoms with Crippen molar-refractivity contribution >= 4 is 15.9 Å². The highest BCUT2D eigenvalue weighted by Crippen LogP contribution is 2.32. The molecule has 1 aromatic rings. The molecule has 2 unspecified atom stereocenters. The number of hydrogen-bond donors (Lipinski definition) is 1. The molecule has 2 nitrogen and oxygen atoms in total. The minimum absolute atomic E-state index is 0.378. The van der Waals surface area contributed by atoms with Gasteiger partial charge in [0.2, 0.25) is 0 Å². The maximum absolute atomic E-state index is 6.13. The highest BCUT2D eigenvalue weighted by molar-refractivity contribution is 9.10. The highest BCUT2D eigenvalue weighted by Gasteiger charge is 2.22. The van der Waals surface area contributed by atoms with E-state index in [-0.39, 0.29) is 0 Å². The number of halogens is 1. The normalized spacial score (nSPS) is 23.9. The van der Waals surface area contributed by atoms with E-state index in [1.807, 2.05) is 12.1 Å². The molecule has 100 valence electrons. The minimum atomic E-state index is 0.378. The van der Waals surface area contributed by atoms with E-state index in [4.69, 9.17) is 10.5 Å². The quantitative estimate of drug-likeness (QED) is 0.902. The number of benzene rings is 1. The maximum Gasteiger partial charge on any atom is 0.133 e. The Morgan fingerprint density at radius 2 is 2.22 bits per heavy atom. The lowest BCUT2D eigenvalue weighted by atomic mass is 9.85. The van der Waals surface area contributed by atoms with Crippen LogP contribution in [0, 0.1) is 5.92 Å². The fourth-order valence-electron chi connectivity index (χ4n) is 2.67. The summed E-state index contributed by atoms with van der Waals surface area (Å²) in [6.45, 7) is 2.85. The Kier molecular flexibility index (Phi) is 5.07. The number of rotatable bonds is 4. The summed E-state index contributed by atoms with van der Waals surface area (Å²) >= 11 is 3.57. The third kappa shape index (κ3) is 3.48. The molecular weight excluding hydrogens is 290 g/mol. The summed E-state index contributed by atoms with van der Waals surface area (Å²) in [5.74, 6) is 1.79. The Balaban J connectivity index is 2.00. The molecule has 0 saturated heterocycles. The van der Waals surface area contributed by atoms with Gasteiger partial charge in [0.1, 0.15) is 5.75 Å². The third-order valence-electron chi connectivity index (χ3n) is 3.84. The molecule has 1 aromatic carbocycles. The standard InChI is InChI=1S/C15H22BrNO/c1-2-11-4-3-5-13(8-11)18-15-7-6-12(10-17)9-14(15)16/h6-7,9,11,13H,2-5,8,10,17H2,1H3. The van der Waals surface area contributed by atoms with E-state index in [9.17, 15) is 0 Å². The molecule has 0 bridgehead atoms. The van der Waals surface area contributed by atoms with Gasteiger partial charge in [0, 0.05) is 6.54 Å². The van der Waals surface area contributed by atoms with E-state index in [1.165, 1.54) is 32.1 Å². The molecule has 2 N–H and O–H groups in total. The van der Waals surface area contributed by atoms with Crippen LogP contribution in [0.15, 0.2) is 22.7 Å². The van der Waals surface area contributed by atoms with E-state index < -0.39 is 0 Å². The third-order valence-corrected chi connectivity index (χ3v) is 4.46. The van der Waals surface area contributed by atoms with Crippen molar-refractivity contribution in [3.63, 3.8) is 0 Å². The first-order chi connectivity index (χ1) is 8.72. The summed E-state index contributed by atoms with van der Waals surface area (Å²) in [5, 5.41) is 0. The predicted octanol–water partition coefficient (Wildman–Crippen LogP) is 4.26. The van der Waals surface area contributed by atoms with E-state index in [0.29, 0.717) is 12.6 Å². The second kappa shape index (κ2) is 6.58. The van der Waals surface area contributed by atoms with Crippen LogP contribution in [0.4, 0.5) is 0 Å². The van der Waals surface area contributed by atoms with Gasteiger partial charge in [-0.3, -0.25) is 0 Å². The van der Waals surface area contributed by atoms with Gasteiger partial charge in [-0.25, -0.2) is 0 Å². The molecule has 1 saturated carbocycles. The molecule has 2 rings (SSSR count). The molecule has 0 aromatic heterocycles. The lowest BCUT2D eigenvalue weighted by Gasteiger charge is -2.29. The van der Waals surface area contributed by atoms with Crippen molar-refractivity contribution in [3.8, 4) is 5.75 Å². The van der Waals surface area contributed by atoms with Crippen LogP contribution in [-0.2, 0) is 6.54 Å². The van der Waals surface area contributed by atoms with Crippen molar-refractivity contribution in [1.82, 2.24) is 0 Å².